The van der Waals surface area contributed by atoms with E-state index in [0.717, 1.165) is 23.9 Å². The standard InChI is InChI=1S/C11H21N3O2S/c1-11(2,3)9-13-10(17-14-9)12-5-4-7-16-8-6-15/h15H,4-8H2,1-3H3,(H,12,13,14). The highest BCUT2D eigenvalue weighted by molar-refractivity contribution is 7.09. The number of hydrogen-bond donors (Lipinski definition) is 2. The minimum Gasteiger partial charge on any atom is -0.394 e. The van der Waals surface area contributed by atoms with Gasteiger partial charge in [0, 0.05) is 30.1 Å². The molecule has 5 nitrogen and oxygen atoms in total. The predicted octanol–water partition coefficient (Wildman–Crippen LogP) is 1.65. The molecule has 0 aromatic carbocycles. The SMILES string of the molecule is CC(C)(C)c1nsc(NCCCOCCO)n1. The molecule has 6 heteroatoms. The summed E-state index contributed by atoms with van der Waals surface area (Å²) in [4.78, 5) is 4.43. The van der Waals surface area contributed by atoms with Crippen LogP contribution in [0.25, 0.3) is 0 Å². The van der Waals surface area contributed by atoms with Gasteiger partial charge in [-0.05, 0) is 6.42 Å². The van der Waals surface area contributed by atoms with Gasteiger partial charge >= 0.3 is 0 Å². The highest BCUT2D eigenvalue weighted by atomic mass is 32.1. The van der Waals surface area contributed by atoms with Crippen molar-refractivity contribution in [2.45, 2.75) is 32.6 Å². The molecule has 0 spiro atoms. The zero-order chi connectivity index (χ0) is 12.7. The predicted molar refractivity (Wildman–Crippen MR) is 69.6 cm³/mol. The van der Waals surface area contributed by atoms with Crippen LogP contribution in [-0.2, 0) is 10.2 Å². The first kappa shape index (κ1) is 14.3. The third-order valence-electron chi connectivity index (χ3n) is 2.07. The van der Waals surface area contributed by atoms with Crippen molar-refractivity contribution in [3.63, 3.8) is 0 Å². The molecule has 0 aliphatic carbocycles. The van der Waals surface area contributed by atoms with Crippen LogP contribution in [0.15, 0.2) is 0 Å². The Balaban J connectivity index is 2.21. The number of anilines is 1. The average Bonchev–Trinajstić information content (AvgIpc) is 2.71. The molecular weight excluding hydrogens is 238 g/mol. The van der Waals surface area contributed by atoms with Crippen molar-refractivity contribution in [1.82, 2.24) is 9.36 Å². The molecule has 1 heterocycles. The number of aliphatic hydroxyl groups excluding tert-OH is 1. The van der Waals surface area contributed by atoms with Crippen LogP contribution in [0.2, 0.25) is 0 Å². The molecule has 0 amide bonds. The van der Waals surface area contributed by atoms with Gasteiger partial charge in [-0.1, -0.05) is 20.8 Å². The van der Waals surface area contributed by atoms with E-state index in [2.05, 4.69) is 35.4 Å². The molecule has 0 unspecified atom stereocenters. The smallest absolute Gasteiger partial charge is 0.202 e. The first-order valence-electron chi connectivity index (χ1n) is 5.80. The summed E-state index contributed by atoms with van der Waals surface area (Å²) in [6, 6.07) is 0. The van der Waals surface area contributed by atoms with E-state index < -0.39 is 0 Å². The van der Waals surface area contributed by atoms with Crippen LogP contribution in [0.5, 0.6) is 0 Å². The van der Waals surface area contributed by atoms with Gasteiger partial charge in [0.15, 0.2) is 0 Å². The first-order chi connectivity index (χ1) is 8.04. The van der Waals surface area contributed by atoms with E-state index in [4.69, 9.17) is 9.84 Å². The molecule has 0 saturated heterocycles. The fraction of sp³-hybridized carbons (Fsp3) is 0.818. The first-order valence-corrected chi connectivity index (χ1v) is 6.58. The molecule has 2 N–H and O–H groups in total. The van der Waals surface area contributed by atoms with Gasteiger partial charge in [0.2, 0.25) is 5.13 Å². The van der Waals surface area contributed by atoms with Crippen molar-refractivity contribution in [3.8, 4) is 0 Å². The van der Waals surface area contributed by atoms with Gasteiger partial charge in [0.05, 0.1) is 13.2 Å². The largest absolute Gasteiger partial charge is 0.394 e. The Hall–Kier alpha value is -0.720. The van der Waals surface area contributed by atoms with Crippen LogP contribution >= 0.6 is 11.5 Å². The molecule has 0 fully saturated rings. The van der Waals surface area contributed by atoms with Crippen LogP contribution in [-0.4, -0.2) is 40.8 Å². The number of aromatic nitrogens is 2. The molecule has 1 aromatic rings. The van der Waals surface area contributed by atoms with Gasteiger partial charge in [0.1, 0.15) is 5.82 Å². The van der Waals surface area contributed by atoms with Crippen molar-refractivity contribution in [3.05, 3.63) is 5.82 Å². The molecule has 1 rings (SSSR count). The molecule has 0 aliphatic heterocycles. The molecule has 17 heavy (non-hydrogen) atoms. The second-order valence-electron chi connectivity index (χ2n) is 4.79. The highest BCUT2D eigenvalue weighted by Gasteiger charge is 2.19. The Labute approximate surface area is 106 Å². The minimum atomic E-state index is 0.000662. The zero-order valence-electron chi connectivity index (χ0n) is 10.7. The van der Waals surface area contributed by atoms with Gasteiger partial charge in [-0.15, -0.1) is 0 Å². The van der Waals surface area contributed by atoms with Crippen LogP contribution in [0, 0.1) is 0 Å². The maximum atomic E-state index is 8.52. The zero-order valence-corrected chi connectivity index (χ0v) is 11.5. The average molecular weight is 259 g/mol. The summed E-state index contributed by atoms with van der Waals surface area (Å²) in [6.45, 7) is 8.25. The normalized spacial score (nSPS) is 11.8. The summed E-state index contributed by atoms with van der Waals surface area (Å²) in [6.07, 6.45) is 0.893. The summed E-state index contributed by atoms with van der Waals surface area (Å²) in [5.74, 6) is 0.876. The third kappa shape index (κ3) is 5.43. The van der Waals surface area contributed by atoms with Crippen LogP contribution in [0.3, 0.4) is 0 Å². The second kappa shape index (κ2) is 6.88. The number of rotatable bonds is 7. The monoisotopic (exact) mass is 259 g/mol. The number of aliphatic hydroxyl groups is 1. The molecule has 1 aromatic heterocycles. The van der Waals surface area contributed by atoms with E-state index in [-0.39, 0.29) is 12.0 Å². The van der Waals surface area contributed by atoms with Crippen LogP contribution in [0.1, 0.15) is 33.0 Å². The molecule has 0 atom stereocenters. The number of hydrogen-bond acceptors (Lipinski definition) is 6. The van der Waals surface area contributed by atoms with Gasteiger partial charge < -0.3 is 15.2 Å². The lowest BCUT2D eigenvalue weighted by Crippen LogP contribution is -2.13. The Kier molecular flexibility index (Phi) is 5.80. The number of nitrogens with one attached hydrogen (secondary N) is 1. The van der Waals surface area contributed by atoms with Crippen molar-refractivity contribution < 1.29 is 9.84 Å². The Morgan fingerprint density at radius 2 is 2.12 bits per heavy atom. The molecule has 0 bridgehead atoms. The Morgan fingerprint density at radius 1 is 1.35 bits per heavy atom. The third-order valence-corrected chi connectivity index (χ3v) is 2.75. The van der Waals surface area contributed by atoms with Gasteiger partial charge in [-0.2, -0.15) is 4.37 Å². The lowest BCUT2D eigenvalue weighted by Gasteiger charge is -2.12. The molecular formula is C11H21N3O2S. The van der Waals surface area contributed by atoms with Gasteiger partial charge in [-0.25, -0.2) is 4.98 Å². The highest BCUT2D eigenvalue weighted by Crippen LogP contribution is 2.22. The maximum absolute atomic E-state index is 8.52. The number of ether oxygens (including phenoxy) is 1. The number of nitrogens with zero attached hydrogens (tertiary/aromatic N) is 2. The molecule has 98 valence electrons. The summed E-state index contributed by atoms with van der Waals surface area (Å²) in [5.41, 5.74) is 0.000662. The summed E-state index contributed by atoms with van der Waals surface area (Å²) >= 11 is 1.39. The van der Waals surface area contributed by atoms with Crippen molar-refractivity contribution >= 4 is 16.7 Å². The van der Waals surface area contributed by atoms with E-state index in [1.807, 2.05) is 0 Å². The van der Waals surface area contributed by atoms with Gasteiger partial charge in [0.25, 0.3) is 0 Å². The van der Waals surface area contributed by atoms with Crippen molar-refractivity contribution in [2.75, 3.05) is 31.7 Å². The van der Waals surface area contributed by atoms with Crippen molar-refractivity contribution in [2.24, 2.45) is 0 Å². The Morgan fingerprint density at radius 3 is 2.71 bits per heavy atom. The Bertz CT molecular complexity index is 323. The van der Waals surface area contributed by atoms with Crippen LogP contribution < -0.4 is 5.32 Å². The second-order valence-corrected chi connectivity index (χ2v) is 5.54. The van der Waals surface area contributed by atoms with E-state index >= 15 is 0 Å². The summed E-state index contributed by atoms with van der Waals surface area (Å²) in [7, 11) is 0. The van der Waals surface area contributed by atoms with E-state index in [9.17, 15) is 0 Å². The molecule has 0 saturated carbocycles. The van der Waals surface area contributed by atoms with Gasteiger partial charge in [-0.3, -0.25) is 0 Å². The van der Waals surface area contributed by atoms with Crippen LogP contribution in [0.4, 0.5) is 5.13 Å². The van der Waals surface area contributed by atoms with E-state index in [1.54, 1.807) is 0 Å². The lowest BCUT2D eigenvalue weighted by atomic mass is 9.96. The van der Waals surface area contributed by atoms with E-state index in [1.165, 1.54) is 11.5 Å². The maximum Gasteiger partial charge on any atom is 0.202 e. The molecule has 0 aliphatic rings. The fourth-order valence-corrected chi connectivity index (χ4v) is 1.92. The molecule has 0 radical (unpaired) electrons. The van der Waals surface area contributed by atoms with E-state index in [0.29, 0.717) is 13.2 Å². The fourth-order valence-electron chi connectivity index (χ4n) is 1.14. The summed E-state index contributed by atoms with van der Waals surface area (Å²) < 4.78 is 9.48. The minimum absolute atomic E-state index is 0.000662. The summed E-state index contributed by atoms with van der Waals surface area (Å²) in [5, 5.41) is 12.6. The quantitative estimate of drug-likeness (QED) is 0.729. The topological polar surface area (TPSA) is 67.3 Å². The van der Waals surface area contributed by atoms with Crippen molar-refractivity contribution in [1.29, 1.82) is 0 Å². The lowest BCUT2D eigenvalue weighted by molar-refractivity contribution is 0.0922.